The number of carbonyl (C=O) groups excluding carboxylic acids is 1. The third-order valence-electron chi connectivity index (χ3n) is 2.37. The van der Waals surface area contributed by atoms with Gasteiger partial charge in [0.1, 0.15) is 11.6 Å². The predicted octanol–water partition coefficient (Wildman–Crippen LogP) is 2.35. The molecule has 0 unspecified atom stereocenters. The number of ether oxygens (including phenoxy) is 1. The van der Waals surface area contributed by atoms with E-state index < -0.39 is 11.7 Å². The summed E-state index contributed by atoms with van der Waals surface area (Å²) in [5.41, 5.74) is 3.20. The monoisotopic (exact) mass is 272 g/mol. The molecule has 5 heteroatoms. The highest BCUT2D eigenvalue weighted by molar-refractivity contribution is 5.82. The molecule has 4 nitrogen and oxygen atoms in total. The maximum atomic E-state index is 12.9. The van der Waals surface area contributed by atoms with Gasteiger partial charge in [-0.05, 0) is 17.7 Å². The van der Waals surface area contributed by atoms with E-state index in [-0.39, 0.29) is 6.61 Å². The van der Waals surface area contributed by atoms with Crippen molar-refractivity contribution >= 4 is 12.1 Å². The van der Waals surface area contributed by atoms with Crippen LogP contribution in [0.2, 0.25) is 0 Å². The molecule has 20 heavy (non-hydrogen) atoms. The quantitative estimate of drug-likeness (QED) is 0.671. The standard InChI is InChI=1S/C15H13FN2O2/c16-13-7-4-8-14(9-13)20-11-15(19)18-17-10-12-5-2-1-3-6-12/h1-10H,11H2,(H,18,19)/b17-10-. The Kier molecular flexibility index (Phi) is 4.83. The third-order valence-corrected chi connectivity index (χ3v) is 2.37. The van der Waals surface area contributed by atoms with Gasteiger partial charge >= 0.3 is 0 Å². The van der Waals surface area contributed by atoms with Crippen LogP contribution in [0.25, 0.3) is 0 Å². The van der Waals surface area contributed by atoms with Gasteiger partial charge in [-0.25, -0.2) is 9.82 Å². The van der Waals surface area contributed by atoms with Gasteiger partial charge in [-0.2, -0.15) is 5.10 Å². The number of hydrazone groups is 1. The third kappa shape index (κ3) is 4.53. The predicted molar refractivity (Wildman–Crippen MR) is 74.1 cm³/mol. The van der Waals surface area contributed by atoms with Gasteiger partial charge in [0.05, 0.1) is 6.21 Å². The zero-order valence-corrected chi connectivity index (χ0v) is 10.6. The van der Waals surface area contributed by atoms with Crippen LogP contribution in [0, 0.1) is 5.82 Å². The van der Waals surface area contributed by atoms with E-state index in [9.17, 15) is 9.18 Å². The SMILES string of the molecule is O=C(COc1cccc(F)c1)N/N=C\c1ccccc1. The first-order valence-corrected chi connectivity index (χ1v) is 5.99. The summed E-state index contributed by atoms with van der Waals surface area (Å²) in [6, 6.07) is 14.9. The Labute approximate surface area is 115 Å². The summed E-state index contributed by atoms with van der Waals surface area (Å²) in [5.74, 6) is -0.529. The highest BCUT2D eigenvalue weighted by Gasteiger charge is 2.01. The van der Waals surface area contributed by atoms with Crippen LogP contribution in [-0.4, -0.2) is 18.7 Å². The highest BCUT2D eigenvalue weighted by atomic mass is 19.1. The Balaban J connectivity index is 1.77. The number of nitrogens with zero attached hydrogens (tertiary/aromatic N) is 1. The average Bonchev–Trinajstić information content (AvgIpc) is 2.46. The fourth-order valence-corrected chi connectivity index (χ4v) is 1.46. The topological polar surface area (TPSA) is 50.7 Å². The van der Waals surface area contributed by atoms with Crippen LogP contribution in [-0.2, 0) is 4.79 Å². The second-order valence-electron chi connectivity index (χ2n) is 3.95. The molecule has 0 heterocycles. The van der Waals surface area contributed by atoms with Gasteiger partial charge in [-0.1, -0.05) is 36.4 Å². The van der Waals surface area contributed by atoms with Crippen LogP contribution in [0.1, 0.15) is 5.56 Å². The lowest BCUT2D eigenvalue weighted by Crippen LogP contribution is -2.24. The van der Waals surface area contributed by atoms with E-state index in [1.165, 1.54) is 24.4 Å². The minimum atomic E-state index is -0.415. The number of amides is 1. The van der Waals surface area contributed by atoms with Crippen molar-refractivity contribution in [3.63, 3.8) is 0 Å². The van der Waals surface area contributed by atoms with E-state index in [2.05, 4.69) is 10.5 Å². The summed E-state index contributed by atoms with van der Waals surface area (Å²) < 4.78 is 18.0. The summed E-state index contributed by atoms with van der Waals surface area (Å²) in [4.78, 5) is 11.4. The fraction of sp³-hybridized carbons (Fsp3) is 0.0667. The number of rotatable bonds is 5. The second-order valence-corrected chi connectivity index (χ2v) is 3.95. The average molecular weight is 272 g/mol. The van der Waals surface area contributed by atoms with Crippen molar-refractivity contribution < 1.29 is 13.9 Å². The first kappa shape index (κ1) is 13.7. The van der Waals surface area contributed by atoms with Gasteiger partial charge in [-0.15, -0.1) is 0 Å². The van der Waals surface area contributed by atoms with Crippen molar-refractivity contribution in [2.45, 2.75) is 0 Å². The number of carbonyl (C=O) groups is 1. The molecule has 0 aliphatic rings. The van der Waals surface area contributed by atoms with Crippen LogP contribution in [0.3, 0.4) is 0 Å². The molecular weight excluding hydrogens is 259 g/mol. The van der Waals surface area contributed by atoms with Crippen LogP contribution in [0.4, 0.5) is 4.39 Å². The summed E-state index contributed by atoms with van der Waals surface area (Å²) in [6.07, 6.45) is 1.53. The summed E-state index contributed by atoms with van der Waals surface area (Å²) in [6.45, 7) is -0.227. The molecule has 102 valence electrons. The Morgan fingerprint density at radius 1 is 1.20 bits per heavy atom. The van der Waals surface area contributed by atoms with Crippen LogP contribution in [0.15, 0.2) is 59.7 Å². The van der Waals surface area contributed by atoms with Crippen molar-refractivity contribution in [2.75, 3.05) is 6.61 Å². The highest BCUT2D eigenvalue weighted by Crippen LogP contribution is 2.11. The molecule has 0 spiro atoms. The number of hydrogen-bond donors (Lipinski definition) is 1. The number of benzene rings is 2. The molecule has 0 fully saturated rings. The smallest absolute Gasteiger partial charge is 0.277 e. The van der Waals surface area contributed by atoms with E-state index in [4.69, 9.17) is 4.74 Å². The Morgan fingerprint density at radius 2 is 2.00 bits per heavy atom. The number of nitrogens with one attached hydrogen (secondary N) is 1. The maximum absolute atomic E-state index is 12.9. The number of halogens is 1. The molecule has 0 radical (unpaired) electrons. The lowest BCUT2D eigenvalue weighted by Gasteiger charge is -2.04. The Hall–Kier alpha value is -2.69. The van der Waals surface area contributed by atoms with Crippen molar-refractivity contribution in [1.82, 2.24) is 5.43 Å². The van der Waals surface area contributed by atoms with Crippen molar-refractivity contribution in [1.29, 1.82) is 0 Å². The largest absolute Gasteiger partial charge is 0.484 e. The van der Waals surface area contributed by atoms with Crippen LogP contribution in [0.5, 0.6) is 5.75 Å². The van der Waals surface area contributed by atoms with Crippen LogP contribution < -0.4 is 10.2 Å². The Bertz CT molecular complexity index is 600. The van der Waals surface area contributed by atoms with Gasteiger partial charge in [0.25, 0.3) is 5.91 Å². The first-order valence-electron chi connectivity index (χ1n) is 5.99. The molecule has 1 N–H and O–H groups in total. The molecule has 0 saturated carbocycles. The summed E-state index contributed by atoms with van der Waals surface area (Å²) >= 11 is 0. The van der Waals surface area contributed by atoms with Gasteiger partial charge in [0.15, 0.2) is 6.61 Å². The molecule has 0 bridgehead atoms. The molecule has 2 aromatic carbocycles. The molecule has 0 saturated heterocycles. The molecule has 0 aliphatic heterocycles. The minimum Gasteiger partial charge on any atom is -0.484 e. The lowest BCUT2D eigenvalue weighted by atomic mass is 10.2. The van der Waals surface area contributed by atoms with Crippen molar-refractivity contribution in [3.8, 4) is 5.75 Å². The summed E-state index contributed by atoms with van der Waals surface area (Å²) in [7, 11) is 0. The van der Waals surface area contributed by atoms with Gasteiger partial charge in [0.2, 0.25) is 0 Å². The molecule has 0 aromatic heterocycles. The van der Waals surface area contributed by atoms with Gasteiger partial charge < -0.3 is 4.74 Å². The normalized spacial score (nSPS) is 10.4. The second kappa shape index (κ2) is 7.04. The van der Waals surface area contributed by atoms with Gasteiger partial charge in [-0.3, -0.25) is 4.79 Å². The van der Waals surface area contributed by atoms with Crippen molar-refractivity contribution in [3.05, 3.63) is 66.0 Å². The first-order chi connectivity index (χ1) is 9.74. The zero-order valence-electron chi connectivity index (χ0n) is 10.6. The van der Waals surface area contributed by atoms with Crippen LogP contribution >= 0.6 is 0 Å². The maximum Gasteiger partial charge on any atom is 0.277 e. The van der Waals surface area contributed by atoms with Crippen molar-refractivity contribution in [2.24, 2.45) is 5.10 Å². The molecule has 0 aliphatic carbocycles. The Morgan fingerprint density at radius 3 is 2.75 bits per heavy atom. The number of hydrogen-bond acceptors (Lipinski definition) is 3. The molecule has 2 aromatic rings. The van der Waals surface area contributed by atoms with E-state index in [0.29, 0.717) is 5.75 Å². The minimum absolute atomic E-state index is 0.227. The van der Waals surface area contributed by atoms with E-state index in [1.54, 1.807) is 6.07 Å². The summed E-state index contributed by atoms with van der Waals surface area (Å²) in [5, 5.41) is 3.79. The molecular formula is C15H13FN2O2. The van der Waals surface area contributed by atoms with E-state index >= 15 is 0 Å². The van der Waals surface area contributed by atoms with E-state index in [0.717, 1.165) is 5.56 Å². The molecule has 2 rings (SSSR count). The van der Waals surface area contributed by atoms with E-state index in [1.807, 2.05) is 30.3 Å². The fourth-order valence-electron chi connectivity index (χ4n) is 1.46. The zero-order chi connectivity index (χ0) is 14.2. The molecule has 1 amide bonds. The molecule has 0 atom stereocenters. The lowest BCUT2D eigenvalue weighted by molar-refractivity contribution is -0.123. The van der Waals surface area contributed by atoms with Gasteiger partial charge in [0, 0.05) is 6.07 Å².